The van der Waals surface area contributed by atoms with Crippen molar-refractivity contribution in [3.05, 3.63) is 72.8 Å². The second kappa shape index (κ2) is 8.74. The van der Waals surface area contributed by atoms with E-state index in [0.717, 1.165) is 34.5 Å². The Morgan fingerprint density at radius 2 is 1.12 bits per heavy atom. The molecule has 0 radical (unpaired) electrons. The third-order valence-corrected chi connectivity index (χ3v) is 7.78. The lowest BCUT2D eigenvalue weighted by atomic mass is 9.79. The maximum absolute atomic E-state index is 6.62. The van der Waals surface area contributed by atoms with Crippen molar-refractivity contribution in [1.29, 1.82) is 0 Å². The van der Waals surface area contributed by atoms with Crippen LogP contribution in [-0.2, 0) is 0 Å². The van der Waals surface area contributed by atoms with Crippen LogP contribution >= 0.6 is 0 Å². The molecule has 2 nitrogen and oxygen atoms in total. The third kappa shape index (κ3) is 3.97. The average molecular weight is 437 g/mol. The summed E-state index contributed by atoms with van der Waals surface area (Å²) >= 11 is 0. The van der Waals surface area contributed by atoms with Crippen molar-refractivity contribution in [2.24, 2.45) is 17.8 Å². The summed E-state index contributed by atoms with van der Waals surface area (Å²) in [4.78, 5) is 0. The van der Waals surface area contributed by atoms with E-state index >= 15 is 0 Å². The Morgan fingerprint density at radius 3 is 1.67 bits per heavy atom. The molecular weight excluding hydrogens is 404 g/mol. The van der Waals surface area contributed by atoms with Crippen molar-refractivity contribution in [3.8, 4) is 22.6 Å². The van der Waals surface area contributed by atoms with Gasteiger partial charge in [-0.2, -0.15) is 0 Å². The summed E-state index contributed by atoms with van der Waals surface area (Å²) in [6.45, 7) is 3.82. The maximum Gasteiger partial charge on any atom is 0.127 e. The molecule has 1 saturated carbocycles. The number of ether oxygens (including phenoxy) is 2. The molecule has 1 aliphatic heterocycles. The van der Waals surface area contributed by atoms with Crippen molar-refractivity contribution in [2.75, 3.05) is 13.2 Å². The molecule has 2 heteroatoms. The summed E-state index contributed by atoms with van der Waals surface area (Å²) in [5.74, 6) is 4.03. The summed E-state index contributed by atoms with van der Waals surface area (Å²) in [5.41, 5.74) is 2.32. The predicted molar refractivity (Wildman–Crippen MR) is 137 cm³/mol. The van der Waals surface area contributed by atoms with E-state index in [-0.39, 0.29) is 0 Å². The van der Waals surface area contributed by atoms with Crippen molar-refractivity contribution in [2.45, 2.75) is 39.0 Å². The number of hydrogen-bond acceptors (Lipinski definition) is 2. The lowest BCUT2D eigenvalue weighted by Crippen LogP contribution is -2.24. The molecule has 0 aromatic heterocycles. The zero-order valence-electron chi connectivity index (χ0n) is 19.4. The molecule has 6 rings (SSSR count). The Labute approximate surface area is 196 Å². The van der Waals surface area contributed by atoms with Crippen LogP contribution in [0.2, 0.25) is 0 Å². The number of fused-ring (bicyclic) bond motifs is 7. The smallest absolute Gasteiger partial charge is 0.127 e. The highest BCUT2D eigenvalue weighted by atomic mass is 16.5. The van der Waals surface area contributed by atoms with Crippen LogP contribution in [0.25, 0.3) is 32.7 Å². The van der Waals surface area contributed by atoms with Crippen molar-refractivity contribution in [3.63, 3.8) is 0 Å². The summed E-state index contributed by atoms with van der Waals surface area (Å²) in [5, 5.41) is 4.89. The van der Waals surface area contributed by atoms with Crippen LogP contribution < -0.4 is 9.47 Å². The summed E-state index contributed by atoms with van der Waals surface area (Å²) in [7, 11) is 0. The van der Waals surface area contributed by atoms with E-state index in [1.165, 1.54) is 53.6 Å². The number of hydrogen-bond donors (Lipinski definition) is 0. The zero-order valence-corrected chi connectivity index (χ0v) is 19.4. The fourth-order valence-corrected chi connectivity index (χ4v) is 5.90. The topological polar surface area (TPSA) is 18.5 Å². The molecule has 168 valence electrons. The molecule has 0 amide bonds. The van der Waals surface area contributed by atoms with Gasteiger partial charge in [-0.15, -0.1) is 0 Å². The first-order valence-electron chi connectivity index (χ1n) is 12.6. The summed E-state index contributed by atoms with van der Waals surface area (Å²) in [6, 6.07) is 25.9. The van der Waals surface area contributed by atoms with Crippen molar-refractivity contribution in [1.82, 2.24) is 0 Å². The molecule has 0 unspecified atom stereocenters. The van der Waals surface area contributed by atoms with Gasteiger partial charge in [-0.25, -0.2) is 0 Å². The van der Waals surface area contributed by atoms with Crippen LogP contribution in [0, 0.1) is 17.8 Å². The fourth-order valence-electron chi connectivity index (χ4n) is 5.90. The second-order valence-electron chi connectivity index (χ2n) is 10.2. The lowest BCUT2D eigenvalue weighted by Gasteiger charge is -2.29. The monoisotopic (exact) mass is 436 g/mol. The van der Waals surface area contributed by atoms with Gasteiger partial charge >= 0.3 is 0 Å². The molecule has 0 N–H and O–H groups in total. The van der Waals surface area contributed by atoms with Crippen LogP contribution in [0.5, 0.6) is 11.5 Å². The highest BCUT2D eigenvalue weighted by molar-refractivity contribution is 6.09. The van der Waals surface area contributed by atoms with Crippen molar-refractivity contribution < 1.29 is 9.47 Å². The molecule has 2 aliphatic rings. The van der Waals surface area contributed by atoms with E-state index in [1.807, 2.05) is 0 Å². The summed E-state index contributed by atoms with van der Waals surface area (Å²) < 4.78 is 13.2. The summed E-state index contributed by atoms with van der Waals surface area (Å²) in [6.07, 6.45) is 6.62. The molecule has 1 heterocycles. The second-order valence-corrected chi connectivity index (χ2v) is 10.2. The minimum absolute atomic E-state index is 0.403. The largest absolute Gasteiger partial charge is 0.492 e. The Bertz CT molecular complexity index is 1190. The van der Waals surface area contributed by atoms with Gasteiger partial charge in [0.15, 0.2) is 0 Å². The van der Waals surface area contributed by atoms with Crippen molar-refractivity contribution >= 4 is 21.5 Å². The van der Waals surface area contributed by atoms with Crippen LogP contribution in [-0.4, -0.2) is 13.2 Å². The third-order valence-electron chi connectivity index (χ3n) is 7.78. The molecular formula is C31H32O2. The Morgan fingerprint density at radius 1 is 0.606 bits per heavy atom. The average Bonchev–Trinajstić information content (AvgIpc) is 2.93. The molecule has 33 heavy (non-hydrogen) atoms. The Kier molecular flexibility index (Phi) is 5.46. The first-order chi connectivity index (χ1) is 16.3. The van der Waals surface area contributed by atoms with E-state index in [4.69, 9.17) is 9.47 Å². The van der Waals surface area contributed by atoms with Crippen LogP contribution in [0.3, 0.4) is 0 Å². The van der Waals surface area contributed by atoms with Gasteiger partial charge in [0.1, 0.15) is 11.5 Å². The standard InChI is InChI=1S/C31H32O2/c1-21-10-12-22(13-11-21)18-23-19-32-28-16-14-24-6-2-4-8-26(24)30(28)31-27-9-5-3-7-25(27)15-17-29(31)33-20-23/h2-9,14-17,21-23H,10-13,18-20H2,1H3. The fraction of sp³-hybridized carbons (Fsp3) is 0.355. The van der Waals surface area contributed by atoms with Gasteiger partial charge in [0.05, 0.1) is 13.2 Å². The van der Waals surface area contributed by atoms with E-state index in [9.17, 15) is 0 Å². The highest BCUT2D eigenvalue weighted by Gasteiger charge is 2.26. The first-order valence-corrected chi connectivity index (χ1v) is 12.6. The lowest BCUT2D eigenvalue weighted by molar-refractivity contribution is 0.141. The minimum atomic E-state index is 0.403. The Hall–Kier alpha value is -3.00. The van der Waals surface area contributed by atoms with Gasteiger partial charge in [-0.3, -0.25) is 0 Å². The molecule has 0 atom stereocenters. The SMILES string of the molecule is CC1CCC(CC2COc3ccc4ccccc4c3-c3c(ccc4ccccc34)OC2)CC1. The maximum atomic E-state index is 6.62. The van der Waals surface area contributed by atoms with E-state index in [0.29, 0.717) is 19.1 Å². The van der Waals surface area contributed by atoms with E-state index in [2.05, 4.69) is 79.7 Å². The number of rotatable bonds is 2. The van der Waals surface area contributed by atoms with Crippen LogP contribution in [0.1, 0.15) is 39.0 Å². The van der Waals surface area contributed by atoms with Gasteiger partial charge in [0, 0.05) is 17.0 Å². The molecule has 0 spiro atoms. The van der Waals surface area contributed by atoms with E-state index < -0.39 is 0 Å². The van der Waals surface area contributed by atoms with Crippen LogP contribution in [0.4, 0.5) is 0 Å². The van der Waals surface area contributed by atoms with Gasteiger partial charge in [0.2, 0.25) is 0 Å². The molecule has 4 aromatic rings. The van der Waals surface area contributed by atoms with Crippen LogP contribution in [0.15, 0.2) is 72.8 Å². The van der Waals surface area contributed by atoms with Gasteiger partial charge in [0.25, 0.3) is 0 Å². The molecule has 4 aromatic carbocycles. The molecule has 0 saturated heterocycles. The highest BCUT2D eigenvalue weighted by Crippen LogP contribution is 2.46. The molecule has 1 aliphatic carbocycles. The van der Waals surface area contributed by atoms with Gasteiger partial charge in [-0.05, 0) is 51.9 Å². The quantitative estimate of drug-likeness (QED) is 0.315. The normalized spacial score (nSPS) is 21.2. The zero-order chi connectivity index (χ0) is 22.2. The predicted octanol–water partition coefficient (Wildman–Crippen LogP) is 8.26. The minimum Gasteiger partial charge on any atom is -0.492 e. The number of benzene rings is 4. The molecule has 1 fully saturated rings. The first kappa shape index (κ1) is 20.6. The van der Waals surface area contributed by atoms with Gasteiger partial charge < -0.3 is 9.47 Å². The Balaban J connectivity index is 1.46. The molecule has 0 bridgehead atoms. The van der Waals surface area contributed by atoms with E-state index in [1.54, 1.807) is 0 Å². The van der Waals surface area contributed by atoms with Gasteiger partial charge in [-0.1, -0.05) is 93.3 Å².